The fraction of sp³-hybridized carbons (Fsp3) is 0.478. The van der Waals surface area contributed by atoms with E-state index in [9.17, 15) is 9.59 Å². The zero-order valence-electron chi connectivity index (χ0n) is 18.0. The van der Waals surface area contributed by atoms with Crippen molar-refractivity contribution in [3.8, 4) is 0 Å². The standard InChI is InChI=1S/C23H30ClN3O2S/c1-15-13-19(26-22(29)23(2,3)4)30-20(15)21(28)25-14-18(27-11-7-8-12-27)16-9-5-6-10-17(16)24/h5-6,9-10,13,18H,7-8,11-12,14H2,1-4H3,(H,25,28)(H,26,29). The molecule has 0 radical (unpaired) electrons. The molecule has 162 valence electrons. The number of carbonyl (C=O) groups is 2. The van der Waals surface area contributed by atoms with E-state index in [4.69, 9.17) is 11.6 Å². The van der Waals surface area contributed by atoms with Crippen molar-refractivity contribution in [2.75, 3.05) is 25.0 Å². The molecule has 2 aromatic rings. The van der Waals surface area contributed by atoms with Gasteiger partial charge in [-0.15, -0.1) is 11.3 Å². The summed E-state index contributed by atoms with van der Waals surface area (Å²) >= 11 is 7.78. The smallest absolute Gasteiger partial charge is 0.261 e. The number of thiophene rings is 1. The summed E-state index contributed by atoms with van der Waals surface area (Å²) < 4.78 is 0. The van der Waals surface area contributed by atoms with Crippen LogP contribution >= 0.6 is 22.9 Å². The average Bonchev–Trinajstić information content (AvgIpc) is 3.32. The minimum atomic E-state index is -0.488. The van der Waals surface area contributed by atoms with Crippen LogP contribution in [0.25, 0.3) is 0 Å². The van der Waals surface area contributed by atoms with Gasteiger partial charge in [-0.25, -0.2) is 0 Å². The summed E-state index contributed by atoms with van der Waals surface area (Å²) in [4.78, 5) is 28.2. The molecule has 30 heavy (non-hydrogen) atoms. The molecule has 1 aliphatic heterocycles. The molecule has 1 fully saturated rings. The van der Waals surface area contributed by atoms with E-state index in [-0.39, 0.29) is 17.9 Å². The first-order valence-corrected chi connectivity index (χ1v) is 11.5. The molecule has 1 aromatic carbocycles. The molecule has 0 aliphatic carbocycles. The molecule has 2 amide bonds. The minimum absolute atomic E-state index is 0.0467. The maximum absolute atomic E-state index is 12.9. The number of nitrogens with one attached hydrogen (secondary N) is 2. The molecule has 1 saturated heterocycles. The third kappa shape index (κ3) is 5.42. The molecular weight excluding hydrogens is 418 g/mol. The fourth-order valence-electron chi connectivity index (χ4n) is 3.57. The van der Waals surface area contributed by atoms with E-state index >= 15 is 0 Å². The summed E-state index contributed by atoms with van der Waals surface area (Å²) in [5.41, 5.74) is 1.41. The van der Waals surface area contributed by atoms with Gasteiger partial charge in [-0.3, -0.25) is 14.5 Å². The van der Waals surface area contributed by atoms with Crippen molar-refractivity contribution in [3.63, 3.8) is 0 Å². The Balaban J connectivity index is 1.71. The van der Waals surface area contributed by atoms with Gasteiger partial charge >= 0.3 is 0 Å². The van der Waals surface area contributed by atoms with Gasteiger partial charge in [0.1, 0.15) is 0 Å². The maximum Gasteiger partial charge on any atom is 0.261 e. The summed E-state index contributed by atoms with van der Waals surface area (Å²) in [5, 5.41) is 7.43. The SMILES string of the molecule is Cc1cc(NC(=O)C(C)(C)C)sc1C(=O)NCC(c1ccccc1Cl)N1CCCC1. The van der Waals surface area contributed by atoms with Crippen LogP contribution in [-0.2, 0) is 4.79 Å². The third-order valence-electron chi connectivity index (χ3n) is 5.34. The molecule has 1 aromatic heterocycles. The number of anilines is 1. The predicted molar refractivity (Wildman–Crippen MR) is 124 cm³/mol. The average molecular weight is 448 g/mol. The van der Waals surface area contributed by atoms with Gasteiger partial charge in [-0.1, -0.05) is 50.6 Å². The Morgan fingerprint density at radius 3 is 2.50 bits per heavy atom. The Labute approximate surface area is 187 Å². The van der Waals surface area contributed by atoms with Gasteiger partial charge in [0.15, 0.2) is 0 Å². The number of carbonyl (C=O) groups excluding carboxylic acids is 2. The fourth-order valence-corrected chi connectivity index (χ4v) is 4.82. The van der Waals surface area contributed by atoms with Crippen LogP contribution in [0.2, 0.25) is 5.02 Å². The highest BCUT2D eigenvalue weighted by molar-refractivity contribution is 7.18. The van der Waals surface area contributed by atoms with E-state index in [1.54, 1.807) is 0 Å². The second kappa shape index (κ2) is 9.50. The Hall–Kier alpha value is -1.89. The van der Waals surface area contributed by atoms with E-state index in [2.05, 4.69) is 15.5 Å². The molecule has 0 bridgehead atoms. The highest BCUT2D eigenvalue weighted by Gasteiger charge is 2.27. The first-order chi connectivity index (χ1) is 14.2. The molecular formula is C23H30ClN3O2S. The van der Waals surface area contributed by atoms with Crippen molar-refractivity contribution in [1.82, 2.24) is 10.2 Å². The molecule has 1 atom stereocenters. The Bertz CT molecular complexity index is 913. The largest absolute Gasteiger partial charge is 0.349 e. The van der Waals surface area contributed by atoms with Gasteiger partial charge in [0, 0.05) is 17.0 Å². The topological polar surface area (TPSA) is 61.4 Å². The van der Waals surface area contributed by atoms with E-state index < -0.39 is 5.41 Å². The number of hydrogen-bond donors (Lipinski definition) is 2. The van der Waals surface area contributed by atoms with Gasteiger partial charge in [-0.05, 0) is 56.1 Å². The second-order valence-corrected chi connectivity index (χ2v) is 10.3. The van der Waals surface area contributed by atoms with Crippen LogP contribution in [0.5, 0.6) is 0 Å². The highest BCUT2D eigenvalue weighted by Crippen LogP contribution is 2.31. The summed E-state index contributed by atoms with van der Waals surface area (Å²) in [6.07, 6.45) is 2.32. The van der Waals surface area contributed by atoms with Crippen LogP contribution in [-0.4, -0.2) is 36.3 Å². The lowest BCUT2D eigenvalue weighted by Gasteiger charge is -2.29. The molecule has 2 N–H and O–H groups in total. The lowest BCUT2D eigenvalue weighted by molar-refractivity contribution is -0.123. The third-order valence-corrected chi connectivity index (χ3v) is 6.84. The van der Waals surface area contributed by atoms with Gasteiger partial charge in [0.25, 0.3) is 5.91 Å². The van der Waals surface area contributed by atoms with Crippen molar-refractivity contribution in [2.24, 2.45) is 5.41 Å². The Morgan fingerprint density at radius 2 is 1.87 bits per heavy atom. The number of rotatable bonds is 6. The van der Waals surface area contributed by atoms with Crippen LogP contribution in [0.3, 0.4) is 0 Å². The van der Waals surface area contributed by atoms with Gasteiger partial charge in [0.05, 0.1) is 15.9 Å². The number of aryl methyl sites for hydroxylation is 1. The minimum Gasteiger partial charge on any atom is -0.349 e. The molecule has 1 unspecified atom stereocenters. The van der Waals surface area contributed by atoms with Crippen LogP contribution < -0.4 is 10.6 Å². The Kier molecular flexibility index (Phi) is 7.22. The molecule has 2 heterocycles. The normalized spacial score (nSPS) is 15.8. The van der Waals surface area contributed by atoms with E-state index in [1.165, 1.54) is 11.3 Å². The van der Waals surface area contributed by atoms with Crippen LogP contribution in [0.4, 0.5) is 5.00 Å². The lowest BCUT2D eigenvalue weighted by Crippen LogP contribution is -2.36. The summed E-state index contributed by atoms with van der Waals surface area (Å²) in [6.45, 7) is 9.99. The predicted octanol–water partition coefficient (Wildman–Crippen LogP) is 5.26. The van der Waals surface area contributed by atoms with Crippen molar-refractivity contribution >= 4 is 39.8 Å². The molecule has 0 spiro atoms. The first kappa shape index (κ1) is 22.8. The second-order valence-electron chi connectivity index (χ2n) is 8.82. The zero-order chi connectivity index (χ0) is 21.9. The number of likely N-dealkylation sites (tertiary alicyclic amines) is 1. The molecule has 7 heteroatoms. The van der Waals surface area contributed by atoms with Gasteiger partial charge in [0.2, 0.25) is 5.91 Å². The van der Waals surface area contributed by atoms with E-state index in [1.807, 2.05) is 58.0 Å². The van der Waals surface area contributed by atoms with Crippen molar-refractivity contribution in [3.05, 3.63) is 51.4 Å². The number of amides is 2. The van der Waals surface area contributed by atoms with Gasteiger partial charge < -0.3 is 10.6 Å². The van der Waals surface area contributed by atoms with Crippen molar-refractivity contribution < 1.29 is 9.59 Å². The van der Waals surface area contributed by atoms with Gasteiger partial charge in [-0.2, -0.15) is 0 Å². The quantitative estimate of drug-likeness (QED) is 0.634. The van der Waals surface area contributed by atoms with Crippen LogP contribution in [0.1, 0.15) is 60.5 Å². The van der Waals surface area contributed by atoms with Crippen LogP contribution in [0.15, 0.2) is 30.3 Å². The summed E-state index contributed by atoms with van der Waals surface area (Å²) in [7, 11) is 0. The molecule has 0 saturated carbocycles. The maximum atomic E-state index is 12.9. The molecule has 3 rings (SSSR count). The van der Waals surface area contributed by atoms with Crippen molar-refractivity contribution in [1.29, 1.82) is 0 Å². The number of halogens is 1. The summed E-state index contributed by atoms with van der Waals surface area (Å²) in [6, 6.07) is 9.75. The van der Waals surface area contributed by atoms with Crippen LogP contribution in [0, 0.1) is 12.3 Å². The number of benzene rings is 1. The monoisotopic (exact) mass is 447 g/mol. The van der Waals surface area contributed by atoms with E-state index in [0.717, 1.165) is 42.1 Å². The lowest BCUT2D eigenvalue weighted by atomic mass is 9.96. The van der Waals surface area contributed by atoms with Crippen molar-refractivity contribution in [2.45, 2.75) is 46.6 Å². The molecule has 1 aliphatic rings. The Morgan fingerprint density at radius 1 is 1.20 bits per heavy atom. The summed E-state index contributed by atoms with van der Waals surface area (Å²) in [5.74, 6) is -0.187. The first-order valence-electron chi connectivity index (χ1n) is 10.4. The molecule has 5 nitrogen and oxygen atoms in total. The number of nitrogens with zero attached hydrogens (tertiary/aromatic N) is 1. The highest BCUT2D eigenvalue weighted by atomic mass is 35.5. The zero-order valence-corrected chi connectivity index (χ0v) is 19.6. The van der Waals surface area contributed by atoms with E-state index in [0.29, 0.717) is 16.4 Å². The number of hydrogen-bond acceptors (Lipinski definition) is 4.